The maximum atomic E-state index is 12.1. The van der Waals surface area contributed by atoms with E-state index in [1.807, 2.05) is 42.5 Å². The highest BCUT2D eigenvalue weighted by Gasteiger charge is 2.25. The van der Waals surface area contributed by atoms with Crippen LogP contribution in [0.2, 0.25) is 0 Å². The number of carbonyl (C=O) groups is 1. The van der Waals surface area contributed by atoms with Crippen molar-refractivity contribution in [2.45, 2.75) is 6.54 Å². The van der Waals surface area contributed by atoms with E-state index in [0.29, 0.717) is 12.1 Å². The van der Waals surface area contributed by atoms with Crippen molar-refractivity contribution >= 4 is 17.3 Å². The fourth-order valence-electron chi connectivity index (χ4n) is 3.33. The smallest absolute Gasteiger partial charge is 0.340 e. The molecular formula is C23H19N3O4. The predicted molar refractivity (Wildman–Crippen MR) is 113 cm³/mol. The number of anilines is 1. The SMILES string of the molecule is COC(=O)c1cccc([N+](=O)[O-])c1N(C)Cc1ccc(-c2ccccc2C#N)cc1. The lowest BCUT2D eigenvalue weighted by Crippen LogP contribution is -2.21. The monoisotopic (exact) mass is 401 g/mol. The number of hydrogen-bond acceptors (Lipinski definition) is 6. The summed E-state index contributed by atoms with van der Waals surface area (Å²) in [6.45, 7) is 0.342. The van der Waals surface area contributed by atoms with Crippen molar-refractivity contribution in [3.8, 4) is 17.2 Å². The molecule has 0 bridgehead atoms. The highest BCUT2D eigenvalue weighted by Crippen LogP contribution is 2.33. The summed E-state index contributed by atoms with van der Waals surface area (Å²) in [5.74, 6) is -0.635. The summed E-state index contributed by atoms with van der Waals surface area (Å²) in [5, 5.41) is 20.8. The number of nitro benzene ring substituents is 1. The molecule has 3 rings (SSSR count). The van der Waals surface area contributed by atoms with Crippen molar-refractivity contribution in [2.75, 3.05) is 19.1 Å². The van der Waals surface area contributed by atoms with E-state index in [0.717, 1.165) is 16.7 Å². The second-order valence-electron chi connectivity index (χ2n) is 6.63. The zero-order chi connectivity index (χ0) is 21.7. The minimum absolute atomic E-state index is 0.133. The molecule has 30 heavy (non-hydrogen) atoms. The molecule has 0 aliphatic rings. The third-order valence-electron chi connectivity index (χ3n) is 4.73. The molecule has 0 unspecified atom stereocenters. The summed E-state index contributed by atoms with van der Waals surface area (Å²) in [4.78, 5) is 24.8. The molecule has 0 aliphatic carbocycles. The van der Waals surface area contributed by atoms with Crippen LogP contribution >= 0.6 is 0 Å². The number of para-hydroxylation sites is 1. The van der Waals surface area contributed by atoms with Gasteiger partial charge in [0.1, 0.15) is 5.69 Å². The molecular weight excluding hydrogens is 382 g/mol. The van der Waals surface area contributed by atoms with Crippen LogP contribution in [0.1, 0.15) is 21.5 Å². The lowest BCUT2D eigenvalue weighted by atomic mass is 9.99. The molecule has 3 aromatic rings. The van der Waals surface area contributed by atoms with Crippen LogP contribution < -0.4 is 4.90 Å². The van der Waals surface area contributed by atoms with Crippen LogP contribution in [-0.2, 0) is 11.3 Å². The maximum Gasteiger partial charge on any atom is 0.340 e. The Balaban J connectivity index is 1.92. The van der Waals surface area contributed by atoms with Gasteiger partial charge in [0.15, 0.2) is 0 Å². The molecule has 0 saturated carbocycles. The zero-order valence-corrected chi connectivity index (χ0v) is 16.5. The zero-order valence-electron chi connectivity index (χ0n) is 16.5. The number of benzene rings is 3. The van der Waals surface area contributed by atoms with Gasteiger partial charge in [-0.25, -0.2) is 4.79 Å². The fourth-order valence-corrected chi connectivity index (χ4v) is 3.33. The van der Waals surface area contributed by atoms with Crippen LogP contribution in [0.15, 0.2) is 66.7 Å². The largest absolute Gasteiger partial charge is 0.465 e. The van der Waals surface area contributed by atoms with Gasteiger partial charge >= 0.3 is 5.97 Å². The van der Waals surface area contributed by atoms with Crippen molar-refractivity contribution in [3.05, 3.63) is 93.5 Å². The summed E-state index contributed by atoms with van der Waals surface area (Å²) in [5.41, 5.74) is 3.39. The summed E-state index contributed by atoms with van der Waals surface area (Å²) in [6, 6.07) is 21.5. The second-order valence-corrected chi connectivity index (χ2v) is 6.63. The number of rotatable bonds is 6. The van der Waals surface area contributed by atoms with Crippen LogP contribution in [0, 0.1) is 21.4 Å². The molecule has 0 radical (unpaired) electrons. The minimum Gasteiger partial charge on any atom is -0.465 e. The normalized spacial score (nSPS) is 10.2. The molecule has 0 fully saturated rings. The van der Waals surface area contributed by atoms with Gasteiger partial charge in [-0.05, 0) is 28.8 Å². The van der Waals surface area contributed by atoms with Crippen LogP contribution in [0.3, 0.4) is 0 Å². The number of ether oxygens (including phenoxy) is 1. The van der Waals surface area contributed by atoms with Crippen LogP contribution in [0.5, 0.6) is 0 Å². The third kappa shape index (κ3) is 4.13. The Bertz CT molecular complexity index is 1130. The first-order chi connectivity index (χ1) is 14.5. The Morgan fingerprint density at radius 3 is 2.43 bits per heavy atom. The van der Waals surface area contributed by atoms with E-state index in [1.54, 1.807) is 18.0 Å². The van der Waals surface area contributed by atoms with Gasteiger partial charge < -0.3 is 9.64 Å². The van der Waals surface area contributed by atoms with Gasteiger partial charge in [0.05, 0.1) is 29.2 Å². The van der Waals surface area contributed by atoms with Gasteiger partial charge in [0.25, 0.3) is 5.69 Å². The van der Waals surface area contributed by atoms with Crippen LogP contribution in [0.25, 0.3) is 11.1 Å². The number of nitrogens with zero attached hydrogens (tertiary/aromatic N) is 3. The maximum absolute atomic E-state index is 12.1. The Morgan fingerprint density at radius 2 is 1.80 bits per heavy atom. The van der Waals surface area contributed by atoms with Crippen molar-refractivity contribution in [2.24, 2.45) is 0 Å². The molecule has 0 aromatic heterocycles. The Morgan fingerprint density at radius 1 is 1.10 bits per heavy atom. The predicted octanol–water partition coefficient (Wildman–Crippen LogP) is 4.56. The van der Waals surface area contributed by atoms with E-state index < -0.39 is 10.9 Å². The average molecular weight is 401 g/mol. The van der Waals surface area contributed by atoms with Gasteiger partial charge in [-0.15, -0.1) is 0 Å². The topological polar surface area (TPSA) is 96.5 Å². The molecule has 0 saturated heterocycles. The van der Waals surface area contributed by atoms with E-state index in [1.165, 1.54) is 25.3 Å². The van der Waals surface area contributed by atoms with Crippen LogP contribution in [0.4, 0.5) is 11.4 Å². The quantitative estimate of drug-likeness (QED) is 0.341. The molecule has 0 amide bonds. The molecule has 0 spiro atoms. The lowest BCUT2D eigenvalue weighted by Gasteiger charge is -2.21. The van der Waals surface area contributed by atoms with Gasteiger partial charge in [0.2, 0.25) is 0 Å². The number of nitro groups is 1. The molecule has 3 aromatic carbocycles. The lowest BCUT2D eigenvalue weighted by molar-refractivity contribution is -0.384. The number of nitriles is 1. The molecule has 0 N–H and O–H groups in total. The number of hydrogen-bond donors (Lipinski definition) is 0. The third-order valence-corrected chi connectivity index (χ3v) is 4.73. The van der Waals surface area contributed by atoms with Crippen LogP contribution in [-0.4, -0.2) is 25.1 Å². The van der Waals surface area contributed by atoms with Gasteiger partial charge in [0, 0.05) is 19.7 Å². The Hall–Kier alpha value is -4.18. The highest BCUT2D eigenvalue weighted by atomic mass is 16.6. The Kier molecular flexibility index (Phi) is 6.08. The Labute approximate surface area is 173 Å². The summed E-state index contributed by atoms with van der Waals surface area (Å²) in [6.07, 6.45) is 0. The molecule has 7 heteroatoms. The highest BCUT2D eigenvalue weighted by molar-refractivity contribution is 5.98. The second kappa shape index (κ2) is 8.88. The van der Waals surface area contributed by atoms with Gasteiger partial charge in [-0.1, -0.05) is 48.5 Å². The number of carbonyl (C=O) groups excluding carboxylic acids is 1. The first-order valence-corrected chi connectivity index (χ1v) is 9.11. The van der Waals surface area contributed by atoms with E-state index in [9.17, 15) is 20.2 Å². The summed E-state index contributed by atoms with van der Waals surface area (Å²) < 4.78 is 4.78. The van der Waals surface area contributed by atoms with E-state index >= 15 is 0 Å². The molecule has 7 nitrogen and oxygen atoms in total. The van der Waals surface area contributed by atoms with Crippen molar-refractivity contribution in [1.29, 1.82) is 5.26 Å². The van der Waals surface area contributed by atoms with Gasteiger partial charge in [-0.3, -0.25) is 10.1 Å². The number of methoxy groups -OCH3 is 1. The molecule has 0 heterocycles. The molecule has 0 aliphatic heterocycles. The van der Waals surface area contributed by atoms with E-state index in [4.69, 9.17) is 4.74 Å². The average Bonchev–Trinajstić information content (AvgIpc) is 2.78. The minimum atomic E-state index is -0.635. The first-order valence-electron chi connectivity index (χ1n) is 9.11. The van der Waals surface area contributed by atoms with E-state index in [-0.39, 0.29) is 16.9 Å². The molecule has 0 atom stereocenters. The van der Waals surface area contributed by atoms with Crippen molar-refractivity contribution in [3.63, 3.8) is 0 Å². The first kappa shape index (κ1) is 20.6. The molecule has 150 valence electrons. The fraction of sp³-hybridized carbons (Fsp3) is 0.130. The van der Waals surface area contributed by atoms with E-state index in [2.05, 4.69) is 6.07 Å². The van der Waals surface area contributed by atoms with Gasteiger partial charge in [-0.2, -0.15) is 5.26 Å². The van der Waals surface area contributed by atoms with Crippen molar-refractivity contribution in [1.82, 2.24) is 0 Å². The summed E-state index contributed by atoms with van der Waals surface area (Å²) in [7, 11) is 2.93. The van der Waals surface area contributed by atoms with Crippen molar-refractivity contribution < 1.29 is 14.5 Å². The standard InChI is InChI=1S/C23H19N3O4/c1-25(22-20(23(27)30-2)8-5-9-21(22)26(28)29)15-16-10-12-17(13-11-16)19-7-4-3-6-18(19)14-24/h3-13H,15H2,1-2H3. The summed E-state index contributed by atoms with van der Waals surface area (Å²) >= 11 is 0. The number of esters is 1.